The molecule has 5 rings (SSSR count). The maximum atomic E-state index is 12.6. The van der Waals surface area contributed by atoms with E-state index in [1.165, 1.54) is 0 Å². The summed E-state index contributed by atoms with van der Waals surface area (Å²) < 4.78 is 19.4. The number of benzene rings is 4. The van der Waals surface area contributed by atoms with E-state index in [9.17, 15) is 4.79 Å². The number of fused-ring (bicyclic) bond motifs is 1. The van der Waals surface area contributed by atoms with E-state index in [1.807, 2.05) is 85.8 Å². The van der Waals surface area contributed by atoms with Gasteiger partial charge in [0.1, 0.15) is 6.61 Å². The van der Waals surface area contributed by atoms with E-state index in [-0.39, 0.29) is 5.70 Å². The first-order valence-corrected chi connectivity index (χ1v) is 13.2. The van der Waals surface area contributed by atoms with Crippen LogP contribution < -0.4 is 9.47 Å². The Morgan fingerprint density at radius 2 is 1.75 bits per heavy atom. The second kappa shape index (κ2) is 10.8. The fourth-order valence-corrected chi connectivity index (χ4v) is 5.03. The molecule has 4 aromatic carbocycles. The van der Waals surface area contributed by atoms with Crippen molar-refractivity contribution in [1.29, 1.82) is 0 Å². The normalized spacial score (nSPS) is 14.1. The van der Waals surface area contributed by atoms with Crippen LogP contribution in [0.1, 0.15) is 23.6 Å². The fraction of sp³-hybridized carbons (Fsp3) is 0.103. The first-order valence-electron chi connectivity index (χ1n) is 11.4. The Morgan fingerprint density at radius 1 is 0.972 bits per heavy atom. The molecule has 0 unspecified atom stereocenters. The number of esters is 1. The molecule has 0 bridgehead atoms. The molecule has 1 aliphatic heterocycles. The second-order valence-corrected chi connectivity index (χ2v) is 10.1. The van der Waals surface area contributed by atoms with Crippen molar-refractivity contribution in [3.8, 4) is 11.5 Å². The molecule has 4 aromatic rings. The van der Waals surface area contributed by atoms with Crippen LogP contribution in [0.2, 0.25) is 0 Å². The molecule has 180 valence electrons. The average molecular weight is 654 g/mol. The van der Waals surface area contributed by atoms with Crippen molar-refractivity contribution in [2.75, 3.05) is 6.61 Å². The predicted molar refractivity (Wildman–Crippen MR) is 153 cm³/mol. The number of rotatable bonds is 7. The summed E-state index contributed by atoms with van der Waals surface area (Å²) in [6, 6.07) is 25.6. The minimum absolute atomic E-state index is 0.235. The highest BCUT2D eigenvalue weighted by atomic mass is 127. The van der Waals surface area contributed by atoms with E-state index in [0.29, 0.717) is 30.6 Å². The van der Waals surface area contributed by atoms with Crippen LogP contribution in [0.5, 0.6) is 11.5 Å². The number of cyclic esters (lactones) is 1. The van der Waals surface area contributed by atoms with Crippen molar-refractivity contribution in [2.45, 2.75) is 13.5 Å². The van der Waals surface area contributed by atoms with Gasteiger partial charge in [-0.25, -0.2) is 9.79 Å². The third-order valence-corrected chi connectivity index (χ3v) is 7.16. The zero-order valence-corrected chi connectivity index (χ0v) is 23.1. The maximum absolute atomic E-state index is 12.6. The highest BCUT2D eigenvalue weighted by molar-refractivity contribution is 14.1. The van der Waals surface area contributed by atoms with Crippen LogP contribution in [-0.4, -0.2) is 18.5 Å². The van der Waals surface area contributed by atoms with Gasteiger partial charge in [0, 0.05) is 15.6 Å². The van der Waals surface area contributed by atoms with Gasteiger partial charge in [-0.3, -0.25) is 0 Å². The minimum Gasteiger partial charge on any atom is -0.490 e. The number of hydrogen-bond acceptors (Lipinski definition) is 5. The number of halogens is 2. The Kier molecular flexibility index (Phi) is 7.38. The van der Waals surface area contributed by atoms with Gasteiger partial charge in [0.05, 0.1) is 10.2 Å². The number of carbonyl (C=O) groups excluding carboxylic acids is 1. The van der Waals surface area contributed by atoms with E-state index in [4.69, 9.17) is 14.2 Å². The molecule has 0 N–H and O–H groups in total. The van der Waals surface area contributed by atoms with E-state index < -0.39 is 5.97 Å². The molecule has 36 heavy (non-hydrogen) atoms. The highest BCUT2D eigenvalue weighted by Crippen LogP contribution is 2.36. The van der Waals surface area contributed by atoms with E-state index in [0.717, 1.165) is 35.5 Å². The number of nitrogens with zero attached hydrogens (tertiary/aromatic N) is 1. The Bertz CT molecular complexity index is 1530. The summed E-state index contributed by atoms with van der Waals surface area (Å²) in [6.07, 6.45) is 1.71. The highest BCUT2D eigenvalue weighted by Gasteiger charge is 2.25. The molecule has 0 spiro atoms. The lowest BCUT2D eigenvalue weighted by Gasteiger charge is -2.15. The number of ether oxygens (including phenoxy) is 3. The standard InChI is InChI=1S/C29H21BrINO4/c1-2-34-26-15-18(13-24(31)27(26)35-17-22-9-5-6-10-23(22)30)14-25-29(33)36-28(32-25)21-12-11-19-7-3-4-8-20(19)16-21/h3-16H,2,17H2,1H3/b25-14-. The molecule has 0 aliphatic carbocycles. The van der Waals surface area contributed by atoms with Crippen LogP contribution in [0.15, 0.2) is 94.0 Å². The Morgan fingerprint density at radius 3 is 2.56 bits per heavy atom. The second-order valence-electron chi connectivity index (χ2n) is 8.04. The minimum atomic E-state index is -0.486. The summed E-state index contributed by atoms with van der Waals surface area (Å²) in [4.78, 5) is 17.1. The third kappa shape index (κ3) is 5.32. The Balaban J connectivity index is 1.43. The maximum Gasteiger partial charge on any atom is 0.363 e. The zero-order valence-electron chi connectivity index (χ0n) is 19.3. The average Bonchev–Trinajstić information content (AvgIpc) is 3.24. The number of aliphatic imine (C=N–C) groups is 1. The lowest BCUT2D eigenvalue weighted by Crippen LogP contribution is -2.05. The molecule has 0 amide bonds. The van der Waals surface area contributed by atoms with Crippen LogP contribution >= 0.6 is 38.5 Å². The molecule has 1 aliphatic rings. The van der Waals surface area contributed by atoms with Crippen molar-refractivity contribution in [3.05, 3.63) is 109 Å². The largest absolute Gasteiger partial charge is 0.490 e. The van der Waals surface area contributed by atoms with E-state index in [2.05, 4.69) is 43.5 Å². The molecule has 7 heteroatoms. The lowest BCUT2D eigenvalue weighted by molar-refractivity contribution is -0.129. The van der Waals surface area contributed by atoms with Crippen molar-refractivity contribution in [1.82, 2.24) is 0 Å². The van der Waals surface area contributed by atoms with Gasteiger partial charge in [0.2, 0.25) is 5.90 Å². The summed E-state index contributed by atoms with van der Waals surface area (Å²) in [6.45, 7) is 2.79. The summed E-state index contributed by atoms with van der Waals surface area (Å²) in [5, 5.41) is 2.17. The van der Waals surface area contributed by atoms with Gasteiger partial charge >= 0.3 is 5.97 Å². The number of carbonyl (C=O) groups is 1. The fourth-order valence-electron chi connectivity index (χ4n) is 3.85. The smallest absolute Gasteiger partial charge is 0.363 e. The first kappa shape index (κ1) is 24.5. The van der Waals surface area contributed by atoms with Gasteiger partial charge in [0.25, 0.3) is 0 Å². The summed E-state index contributed by atoms with van der Waals surface area (Å²) in [7, 11) is 0. The summed E-state index contributed by atoms with van der Waals surface area (Å²) >= 11 is 5.78. The molecular formula is C29H21BrINO4. The third-order valence-electron chi connectivity index (χ3n) is 5.58. The van der Waals surface area contributed by atoms with Gasteiger partial charge in [-0.15, -0.1) is 0 Å². The van der Waals surface area contributed by atoms with E-state index in [1.54, 1.807) is 6.08 Å². The molecule has 0 aromatic heterocycles. The van der Waals surface area contributed by atoms with Crippen LogP contribution in [0, 0.1) is 3.57 Å². The Labute approximate surface area is 231 Å². The van der Waals surface area contributed by atoms with Gasteiger partial charge in [-0.1, -0.05) is 64.5 Å². The molecule has 0 saturated heterocycles. The van der Waals surface area contributed by atoms with Crippen molar-refractivity contribution in [3.63, 3.8) is 0 Å². The van der Waals surface area contributed by atoms with Gasteiger partial charge in [-0.2, -0.15) is 0 Å². The van der Waals surface area contributed by atoms with Crippen LogP contribution in [0.25, 0.3) is 16.8 Å². The van der Waals surface area contributed by atoms with Gasteiger partial charge in [-0.05, 0) is 82.3 Å². The molecule has 0 atom stereocenters. The van der Waals surface area contributed by atoms with Crippen molar-refractivity contribution >= 4 is 67.2 Å². The Hall–Kier alpha value is -3.17. The summed E-state index contributed by atoms with van der Waals surface area (Å²) in [5.74, 6) is 1.07. The summed E-state index contributed by atoms with van der Waals surface area (Å²) in [5.41, 5.74) is 2.79. The van der Waals surface area contributed by atoms with Gasteiger partial charge in [0.15, 0.2) is 17.2 Å². The monoisotopic (exact) mass is 653 g/mol. The molecule has 0 fully saturated rings. The van der Waals surface area contributed by atoms with Crippen molar-refractivity contribution < 1.29 is 19.0 Å². The van der Waals surface area contributed by atoms with Gasteiger partial charge < -0.3 is 14.2 Å². The molecular weight excluding hydrogens is 633 g/mol. The first-order chi connectivity index (χ1) is 17.5. The molecule has 1 heterocycles. The SMILES string of the molecule is CCOc1cc(/C=C2\N=C(c3ccc4ccccc4c3)OC2=O)cc(I)c1OCc1ccccc1Br. The number of hydrogen-bond donors (Lipinski definition) is 0. The quantitative estimate of drug-likeness (QED) is 0.118. The van der Waals surface area contributed by atoms with Crippen LogP contribution in [0.4, 0.5) is 0 Å². The van der Waals surface area contributed by atoms with E-state index >= 15 is 0 Å². The predicted octanol–water partition coefficient (Wildman–Crippen LogP) is 7.53. The molecule has 5 nitrogen and oxygen atoms in total. The topological polar surface area (TPSA) is 57.1 Å². The van der Waals surface area contributed by atoms with Crippen molar-refractivity contribution in [2.24, 2.45) is 4.99 Å². The lowest BCUT2D eigenvalue weighted by atomic mass is 10.1. The molecule has 0 radical (unpaired) electrons. The van der Waals surface area contributed by atoms with Crippen LogP contribution in [0.3, 0.4) is 0 Å². The zero-order chi connectivity index (χ0) is 25.1. The van der Waals surface area contributed by atoms with Crippen LogP contribution in [-0.2, 0) is 16.1 Å². The molecule has 0 saturated carbocycles.